The third-order valence-electron chi connectivity index (χ3n) is 4.10. The molecule has 126 valence electrons. The number of imidazole rings is 1. The molecular weight excluding hydrogens is 334 g/mol. The molecule has 2 aromatic carbocycles. The van der Waals surface area contributed by atoms with Crippen LogP contribution in [0.25, 0.3) is 11.0 Å². The first-order valence-electron chi connectivity index (χ1n) is 8.00. The predicted molar refractivity (Wildman–Crippen MR) is 103 cm³/mol. The highest BCUT2D eigenvalue weighted by atomic mass is 32.2. The van der Waals surface area contributed by atoms with E-state index in [4.69, 9.17) is 0 Å². The summed E-state index contributed by atoms with van der Waals surface area (Å²) in [5.41, 5.74) is 4.44. The summed E-state index contributed by atoms with van der Waals surface area (Å²) < 4.78 is 0. The van der Waals surface area contributed by atoms with Crippen molar-refractivity contribution in [3.8, 4) is 0 Å². The van der Waals surface area contributed by atoms with Gasteiger partial charge in [-0.2, -0.15) is 5.10 Å². The molecule has 3 aromatic rings. The Morgan fingerprint density at radius 3 is 2.64 bits per heavy atom. The van der Waals surface area contributed by atoms with Crippen molar-refractivity contribution < 1.29 is 0 Å². The Balaban J connectivity index is 1.52. The number of nitrogens with one attached hydrogen (secondary N) is 3. The number of thioether (sulfide) groups is 1. The van der Waals surface area contributed by atoms with Gasteiger partial charge in [0.15, 0.2) is 5.17 Å². The molecule has 1 aliphatic rings. The molecule has 0 amide bonds. The molecular formula is C18H17N5OS. The first-order chi connectivity index (χ1) is 12.2. The van der Waals surface area contributed by atoms with Crippen molar-refractivity contribution in [2.75, 3.05) is 5.75 Å². The van der Waals surface area contributed by atoms with Crippen molar-refractivity contribution in [2.24, 2.45) is 10.2 Å². The van der Waals surface area contributed by atoms with Crippen LogP contribution in [0.2, 0.25) is 0 Å². The largest absolute Gasteiger partial charge is 0.357 e. The minimum absolute atomic E-state index is 0.172. The fraction of sp³-hybridized carbons (Fsp3) is 0.167. The van der Waals surface area contributed by atoms with Gasteiger partial charge in [0.05, 0.1) is 22.8 Å². The molecule has 0 saturated heterocycles. The molecule has 1 unspecified atom stereocenters. The number of aromatic nitrogens is 2. The Labute approximate surface area is 148 Å². The SMILES string of the molecule is CC(NC1=NN=C(c2ccc3[nH]c(=O)[nH]c3c2)CS1)c1ccccc1. The average molecular weight is 351 g/mol. The van der Waals surface area contributed by atoms with Crippen LogP contribution in [0.3, 0.4) is 0 Å². The van der Waals surface area contributed by atoms with Crippen LogP contribution in [-0.2, 0) is 0 Å². The molecule has 0 saturated carbocycles. The summed E-state index contributed by atoms with van der Waals surface area (Å²) in [5.74, 6) is 0.730. The van der Waals surface area contributed by atoms with Gasteiger partial charge in [-0.3, -0.25) is 0 Å². The molecule has 1 aliphatic heterocycles. The second-order valence-electron chi connectivity index (χ2n) is 5.86. The fourth-order valence-electron chi connectivity index (χ4n) is 2.73. The molecule has 0 spiro atoms. The Kier molecular flexibility index (Phi) is 4.15. The van der Waals surface area contributed by atoms with Crippen LogP contribution in [0.4, 0.5) is 0 Å². The van der Waals surface area contributed by atoms with Crippen LogP contribution in [0.15, 0.2) is 63.5 Å². The smallest absolute Gasteiger partial charge is 0.323 e. The van der Waals surface area contributed by atoms with E-state index in [0.717, 1.165) is 33.2 Å². The van der Waals surface area contributed by atoms with Gasteiger partial charge in [0.2, 0.25) is 0 Å². The third-order valence-corrected chi connectivity index (χ3v) is 4.99. The zero-order valence-corrected chi connectivity index (χ0v) is 14.4. The first-order valence-corrected chi connectivity index (χ1v) is 8.99. The molecule has 4 rings (SSSR count). The van der Waals surface area contributed by atoms with Gasteiger partial charge in [-0.1, -0.05) is 48.2 Å². The standard InChI is InChI=1S/C18H17N5OS/c1-11(12-5-3-2-4-6-12)19-18-23-22-16(10-25-18)13-7-8-14-15(9-13)21-17(24)20-14/h2-9,11H,10H2,1H3,(H,19,23)(H2,20,21,24). The molecule has 0 bridgehead atoms. The molecule has 7 heteroatoms. The number of fused-ring (bicyclic) bond motifs is 1. The van der Waals surface area contributed by atoms with Crippen molar-refractivity contribution in [3.63, 3.8) is 0 Å². The van der Waals surface area contributed by atoms with Crippen molar-refractivity contribution in [2.45, 2.75) is 13.0 Å². The van der Waals surface area contributed by atoms with Gasteiger partial charge < -0.3 is 15.3 Å². The van der Waals surface area contributed by atoms with E-state index in [1.807, 2.05) is 36.4 Å². The number of H-pyrrole nitrogens is 2. The van der Waals surface area contributed by atoms with Crippen LogP contribution in [0, 0.1) is 0 Å². The van der Waals surface area contributed by atoms with Gasteiger partial charge in [0, 0.05) is 11.3 Å². The van der Waals surface area contributed by atoms with E-state index < -0.39 is 0 Å². The Morgan fingerprint density at radius 1 is 1.08 bits per heavy atom. The molecule has 6 nitrogen and oxygen atoms in total. The van der Waals surface area contributed by atoms with E-state index in [1.54, 1.807) is 11.8 Å². The highest BCUT2D eigenvalue weighted by Crippen LogP contribution is 2.20. The molecule has 0 fully saturated rings. The number of hydrogen-bond acceptors (Lipinski definition) is 5. The summed E-state index contributed by atoms with van der Waals surface area (Å²) in [4.78, 5) is 16.9. The summed E-state index contributed by atoms with van der Waals surface area (Å²) >= 11 is 1.63. The Bertz CT molecular complexity index is 1020. The first kappa shape index (κ1) is 15.7. The topological polar surface area (TPSA) is 85.4 Å². The van der Waals surface area contributed by atoms with Crippen LogP contribution in [-0.4, -0.2) is 26.6 Å². The summed E-state index contributed by atoms with van der Waals surface area (Å²) in [5, 5.41) is 12.9. The normalized spacial score (nSPS) is 15.6. The lowest BCUT2D eigenvalue weighted by Crippen LogP contribution is -2.27. The molecule has 0 radical (unpaired) electrons. The molecule has 2 heterocycles. The monoisotopic (exact) mass is 351 g/mol. The number of aromatic amines is 2. The van der Waals surface area contributed by atoms with Gasteiger partial charge in [-0.15, -0.1) is 5.10 Å². The van der Waals surface area contributed by atoms with Crippen LogP contribution < -0.4 is 11.0 Å². The molecule has 25 heavy (non-hydrogen) atoms. The van der Waals surface area contributed by atoms with Gasteiger partial charge >= 0.3 is 5.69 Å². The van der Waals surface area contributed by atoms with E-state index in [9.17, 15) is 4.79 Å². The molecule has 0 aliphatic carbocycles. The number of rotatable bonds is 3. The highest BCUT2D eigenvalue weighted by molar-refractivity contribution is 8.14. The van der Waals surface area contributed by atoms with Crippen molar-refractivity contribution in [1.82, 2.24) is 15.3 Å². The van der Waals surface area contributed by atoms with E-state index in [-0.39, 0.29) is 11.7 Å². The van der Waals surface area contributed by atoms with Gasteiger partial charge in [-0.05, 0) is 24.6 Å². The zero-order valence-electron chi connectivity index (χ0n) is 13.6. The maximum Gasteiger partial charge on any atom is 0.323 e. The number of hydrogen-bond donors (Lipinski definition) is 3. The van der Waals surface area contributed by atoms with E-state index in [1.165, 1.54) is 5.56 Å². The van der Waals surface area contributed by atoms with Crippen LogP contribution >= 0.6 is 11.8 Å². The number of nitrogens with zero attached hydrogens (tertiary/aromatic N) is 2. The van der Waals surface area contributed by atoms with E-state index >= 15 is 0 Å². The van der Waals surface area contributed by atoms with Gasteiger partial charge in [0.25, 0.3) is 0 Å². The van der Waals surface area contributed by atoms with Gasteiger partial charge in [-0.25, -0.2) is 4.79 Å². The van der Waals surface area contributed by atoms with Gasteiger partial charge in [0.1, 0.15) is 0 Å². The molecule has 1 aromatic heterocycles. The minimum Gasteiger partial charge on any atom is -0.357 e. The fourth-order valence-corrected chi connectivity index (χ4v) is 3.59. The quantitative estimate of drug-likeness (QED) is 0.678. The highest BCUT2D eigenvalue weighted by Gasteiger charge is 2.15. The predicted octanol–water partition coefficient (Wildman–Crippen LogP) is 3.01. The van der Waals surface area contributed by atoms with Crippen molar-refractivity contribution in [1.29, 1.82) is 0 Å². The molecule has 1 atom stereocenters. The number of benzene rings is 2. The lowest BCUT2D eigenvalue weighted by molar-refractivity contribution is 0.721. The summed E-state index contributed by atoms with van der Waals surface area (Å²) in [6.45, 7) is 2.10. The maximum absolute atomic E-state index is 11.4. The lowest BCUT2D eigenvalue weighted by Gasteiger charge is -2.18. The second-order valence-corrected chi connectivity index (χ2v) is 6.82. The Hall–Kier alpha value is -2.80. The van der Waals surface area contributed by atoms with Crippen molar-refractivity contribution >= 4 is 33.7 Å². The summed E-state index contributed by atoms with van der Waals surface area (Å²) in [6.07, 6.45) is 0. The summed E-state index contributed by atoms with van der Waals surface area (Å²) in [7, 11) is 0. The zero-order chi connectivity index (χ0) is 17.2. The van der Waals surface area contributed by atoms with Crippen LogP contribution in [0.5, 0.6) is 0 Å². The second kappa shape index (κ2) is 6.60. The number of amidine groups is 1. The Morgan fingerprint density at radius 2 is 1.88 bits per heavy atom. The van der Waals surface area contributed by atoms with Crippen molar-refractivity contribution in [3.05, 3.63) is 70.1 Å². The van der Waals surface area contributed by atoms with E-state index in [2.05, 4.69) is 44.5 Å². The van der Waals surface area contributed by atoms with E-state index in [0.29, 0.717) is 0 Å². The van der Waals surface area contributed by atoms with Crippen LogP contribution in [0.1, 0.15) is 24.1 Å². The lowest BCUT2D eigenvalue weighted by atomic mass is 10.1. The molecule has 3 N–H and O–H groups in total. The average Bonchev–Trinajstić information content (AvgIpc) is 3.02. The summed E-state index contributed by atoms with van der Waals surface area (Å²) in [6, 6.07) is 16.2. The minimum atomic E-state index is -0.202. The third kappa shape index (κ3) is 3.36. The maximum atomic E-state index is 11.4.